The summed E-state index contributed by atoms with van der Waals surface area (Å²) in [6, 6.07) is 5.89. The molecule has 0 saturated carbocycles. The topological polar surface area (TPSA) is 42.7 Å². The van der Waals surface area contributed by atoms with Gasteiger partial charge in [0.2, 0.25) is 0 Å². The summed E-state index contributed by atoms with van der Waals surface area (Å²) in [5, 5.41) is 8.47. The maximum absolute atomic E-state index is 6.29. The van der Waals surface area contributed by atoms with E-state index in [-0.39, 0.29) is 0 Å². The Labute approximate surface area is 118 Å². The van der Waals surface area contributed by atoms with E-state index in [1.807, 2.05) is 29.9 Å². The minimum absolute atomic E-state index is 0.708. The van der Waals surface area contributed by atoms with Crippen molar-refractivity contribution in [1.29, 1.82) is 0 Å². The van der Waals surface area contributed by atoms with E-state index >= 15 is 0 Å². The van der Waals surface area contributed by atoms with E-state index in [1.54, 1.807) is 0 Å². The average Bonchev–Trinajstić information content (AvgIpc) is 2.84. The van der Waals surface area contributed by atoms with Gasteiger partial charge in [-0.25, -0.2) is 9.67 Å². The SMILES string of the molecule is CCc1nc(CC)n(-c2cccc(Cl)c2CNC)n1. The van der Waals surface area contributed by atoms with Crippen LogP contribution in [-0.4, -0.2) is 21.8 Å². The molecule has 0 aliphatic heterocycles. The van der Waals surface area contributed by atoms with Crippen LogP contribution in [0.1, 0.15) is 31.1 Å². The highest BCUT2D eigenvalue weighted by Crippen LogP contribution is 2.24. The smallest absolute Gasteiger partial charge is 0.151 e. The Hall–Kier alpha value is -1.39. The van der Waals surface area contributed by atoms with Crippen LogP contribution in [0.25, 0.3) is 5.69 Å². The lowest BCUT2D eigenvalue weighted by molar-refractivity contribution is 0.756. The molecule has 1 N–H and O–H groups in total. The maximum atomic E-state index is 6.29. The van der Waals surface area contributed by atoms with Crippen molar-refractivity contribution >= 4 is 11.6 Å². The van der Waals surface area contributed by atoms with Gasteiger partial charge in [-0.05, 0) is 19.2 Å². The second-order valence-electron chi connectivity index (χ2n) is 4.33. The van der Waals surface area contributed by atoms with Crippen LogP contribution in [0.3, 0.4) is 0 Å². The lowest BCUT2D eigenvalue weighted by atomic mass is 10.1. The first-order valence-electron chi connectivity index (χ1n) is 6.58. The molecule has 19 heavy (non-hydrogen) atoms. The number of aromatic nitrogens is 3. The molecule has 1 aromatic carbocycles. The number of nitrogens with zero attached hydrogens (tertiary/aromatic N) is 3. The Balaban J connectivity index is 2.57. The molecule has 4 nitrogen and oxygen atoms in total. The molecule has 0 bridgehead atoms. The monoisotopic (exact) mass is 278 g/mol. The van der Waals surface area contributed by atoms with Gasteiger partial charge in [-0.2, -0.15) is 5.10 Å². The summed E-state index contributed by atoms with van der Waals surface area (Å²) >= 11 is 6.29. The number of halogens is 1. The highest BCUT2D eigenvalue weighted by atomic mass is 35.5. The second kappa shape index (κ2) is 6.17. The number of benzene rings is 1. The number of nitrogens with one attached hydrogen (secondary N) is 1. The van der Waals surface area contributed by atoms with Gasteiger partial charge in [0, 0.05) is 30.0 Å². The molecule has 0 fully saturated rings. The minimum atomic E-state index is 0.708. The highest BCUT2D eigenvalue weighted by Gasteiger charge is 2.14. The second-order valence-corrected chi connectivity index (χ2v) is 4.74. The van der Waals surface area contributed by atoms with E-state index < -0.39 is 0 Å². The quantitative estimate of drug-likeness (QED) is 0.914. The normalized spacial score (nSPS) is 10.9. The molecule has 2 aromatic rings. The Kier molecular flexibility index (Phi) is 4.56. The summed E-state index contributed by atoms with van der Waals surface area (Å²) in [6.45, 7) is 4.85. The van der Waals surface area contributed by atoms with Gasteiger partial charge in [-0.15, -0.1) is 0 Å². The zero-order chi connectivity index (χ0) is 13.8. The molecule has 0 unspecified atom stereocenters. The molecule has 1 heterocycles. The van der Waals surface area contributed by atoms with Gasteiger partial charge in [0.25, 0.3) is 0 Å². The third-order valence-electron chi connectivity index (χ3n) is 3.03. The summed E-state index contributed by atoms with van der Waals surface area (Å²) in [5.74, 6) is 1.84. The largest absolute Gasteiger partial charge is 0.316 e. The molecule has 0 radical (unpaired) electrons. The van der Waals surface area contributed by atoms with Crippen molar-refractivity contribution in [3.63, 3.8) is 0 Å². The summed E-state index contributed by atoms with van der Waals surface area (Å²) in [4.78, 5) is 4.54. The maximum Gasteiger partial charge on any atom is 0.151 e. The molecule has 0 aliphatic carbocycles. The predicted octanol–water partition coefficient (Wildman–Crippen LogP) is 2.76. The standard InChI is InChI=1S/C14H19ClN4/c1-4-13-17-14(5-2)19(18-13)12-8-6-7-11(15)10(12)9-16-3/h6-8,16H,4-5,9H2,1-3H3. The van der Waals surface area contributed by atoms with Gasteiger partial charge in [-0.3, -0.25) is 0 Å². The van der Waals surface area contributed by atoms with E-state index in [1.165, 1.54) is 0 Å². The van der Waals surface area contributed by atoms with Crippen LogP contribution in [0, 0.1) is 0 Å². The molecular weight excluding hydrogens is 260 g/mol. The number of aryl methyl sites for hydroxylation is 2. The molecule has 0 saturated heterocycles. The number of hydrogen-bond acceptors (Lipinski definition) is 3. The summed E-state index contributed by atoms with van der Waals surface area (Å²) < 4.78 is 1.91. The Morgan fingerprint density at radius 2 is 2.05 bits per heavy atom. The zero-order valence-electron chi connectivity index (χ0n) is 11.6. The van der Waals surface area contributed by atoms with Crippen LogP contribution < -0.4 is 5.32 Å². The van der Waals surface area contributed by atoms with Crippen LogP contribution in [0.5, 0.6) is 0 Å². The first kappa shape index (κ1) is 14.0. The third-order valence-corrected chi connectivity index (χ3v) is 3.38. The van der Waals surface area contributed by atoms with Crippen LogP contribution in [-0.2, 0) is 19.4 Å². The number of hydrogen-bond donors (Lipinski definition) is 1. The Bertz CT molecular complexity index is 563. The third kappa shape index (κ3) is 2.80. The summed E-state index contributed by atoms with van der Waals surface area (Å²) in [6.07, 6.45) is 1.68. The zero-order valence-corrected chi connectivity index (χ0v) is 12.3. The van der Waals surface area contributed by atoms with E-state index in [4.69, 9.17) is 11.6 Å². The average molecular weight is 279 g/mol. The molecule has 0 atom stereocenters. The lowest BCUT2D eigenvalue weighted by Crippen LogP contribution is -2.12. The van der Waals surface area contributed by atoms with Crippen LogP contribution in [0.2, 0.25) is 5.02 Å². The Morgan fingerprint density at radius 3 is 2.68 bits per heavy atom. The van der Waals surface area contributed by atoms with Crippen molar-refractivity contribution in [2.75, 3.05) is 7.05 Å². The van der Waals surface area contributed by atoms with E-state index in [2.05, 4.69) is 29.2 Å². The van der Waals surface area contributed by atoms with E-state index in [9.17, 15) is 0 Å². The van der Waals surface area contributed by atoms with Crippen molar-refractivity contribution in [1.82, 2.24) is 20.1 Å². The van der Waals surface area contributed by atoms with Crippen molar-refractivity contribution < 1.29 is 0 Å². The van der Waals surface area contributed by atoms with Crippen molar-refractivity contribution in [2.24, 2.45) is 0 Å². The van der Waals surface area contributed by atoms with Gasteiger partial charge in [-0.1, -0.05) is 31.5 Å². The summed E-state index contributed by atoms with van der Waals surface area (Å²) in [5.41, 5.74) is 2.06. The molecule has 1 aromatic heterocycles. The summed E-state index contributed by atoms with van der Waals surface area (Å²) in [7, 11) is 1.91. The van der Waals surface area contributed by atoms with Gasteiger partial charge in [0.05, 0.1) is 5.69 Å². The first-order valence-corrected chi connectivity index (χ1v) is 6.96. The van der Waals surface area contributed by atoms with Crippen LogP contribution >= 0.6 is 11.6 Å². The fourth-order valence-corrected chi connectivity index (χ4v) is 2.30. The lowest BCUT2D eigenvalue weighted by Gasteiger charge is -2.12. The number of rotatable bonds is 5. The van der Waals surface area contributed by atoms with Crippen molar-refractivity contribution in [2.45, 2.75) is 33.2 Å². The molecule has 2 rings (SSSR count). The van der Waals surface area contributed by atoms with Gasteiger partial charge < -0.3 is 5.32 Å². The van der Waals surface area contributed by atoms with Crippen LogP contribution in [0.4, 0.5) is 0 Å². The van der Waals surface area contributed by atoms with E-state index in [0.29, 0.717) is 6.54 Å². The fraction of sp³-hybridized carbons (Fsp3) is 0.429. The van der Waals surface area contributed by atoms with Gasteiger partial charge in [0.15, 0.2) is 5.82 Å². The molecule has 0 aliphatic rings. The fourth-order valence-electron chi connectivity index (χ4n) is 2.06. The molecule has 0 amide bonds. The Morgan fingerprint density at radius 1 is 1.26 bits per heavy atom. The van der Waals surface area contributed by atoms with Crippen molar-refractivity contribution in [3.05, 3.63) is 40.4 Å². The molecule has 5 heteroatoms. The first-order chi connectivity index (χ1) is 9.21. The van der Waals surface area contributed by atoms with Gasteiger partial charge in [0.1, 0.15) is 5.82 Å². The van der Waals surface area contributed by atoms with Crippen LogP contribution in [0.15, 0.2) is 18.2 Å². The minimum Gasteiger partial charge on any atom is -0.316 e. The predicted molar refractivity (Wildman–Crippen MR) is 77.9 cm³/mol. The highest BCUT2D eigenvalue weighted by molar-refractivity contribution is 6.31. The van der Waals surface area contributed by atoms with E-state index in [0.717, 1.165) is 40.8 Å². The molecular formula is C14H19ClN4. The molecule has 0 spiro atoms. The van der Waals surface area contributed by atoms with Crippen molar-refractivity contribution in [3.8, 4) is 5.69 Å². The molecule has 102 valence electrons. The van der Waals surface area contributed by atoms with Gasteiger partial charge >= 0.3 is 0 Å².